The van der Waals surface area contributed by atoms with Crippen molar-refractivity contribution in [3.05, 3.63) is 0 Å². The fourth-order valence-electron chi connectivity index (χ4n) is 0.875. The average Bonchev–Trinajstić information content (AvgIpc) is 2.19. The van der Waals surface area contributed by atoms with Crippen molar-refractivity contribution in [3.8, 4) is 0 Å². The van der Waals surface area contributed by atoms with Gasteiger partial charge in [0.2, 0.25) is 3.79 Å². The Kier molecular flexibility index (Phi) is 8.50. The second-order valence-corrected chi connectivity index (χ2v) is 5.59. The van der Waals surface area contributed by atoms with Crippen molar-refractivity contribution in [2.45, 2.75) is 36.2 Å². The van der Waals surface area contributed by atoms with Crippen molar-refractivity contribution in [2.75, 3.05) is 13.2 Å². The normalized spacial score (nSPS) is 13.6. The monoisotopic (exact) mass is 291 g/mol. The van der Waals surface area contributed by atoms with Crippen LogP contribution in [0.15, 0.2) is 0 Å². The Morgan fingerprint density at radius 1 is 1.50 bits per heavy atom. The number of carbonyl (C=O) groups is 1. The van der Waals surface area contributed by atoms with Gasteiger partial charge < -0.3 is 9.84 Å². The fourth-order valence-corrected chi connectivity index (χ4v) is 1.11. The van der Waals surface area contributed by atoms with E-state index in [1.54, 1.807) is 0 Å². The van der Waals surface area contributed by atoms with Gasteiger partial charge in [-0.05, 0) is 19.4 Å². The Bertz CT molecular complexity index is 209. The van der Waals surface area contributed by atoms with Gasteiger partial charge in [-0.15, -0.1) is 0 Å². The van der Waals surface area contributed by atoms with Gasteiger partial charge in [0, 0.05) is 6.42 Å². The summed E-state index contributed by atoms with van der Waals surface area (Å²) < 4.78 is 3.10. The van der Waals surface area contributed by atoms with Crippen LogP contribution in [-0.4, -0.2) is 34.2 Å². The van der Waals surface area contributed by atoms with E-state index in [-0.39, 0.29) is 12.4 Å². The molecule has 0 bridgehead atoms. The quantitative estimate of drug-likeness (QED) is 0.326. The first-order valence-corrected chi connectivity index (χ1v) is 6.15. The van der Waals surface area contributed by atoms with Crippen molar-refractivity contribution in [3.63, 3.8) is 0 Å². The van der Waals surface area contributed by atoms with Crippen molar-refractivity contribution >= 4 is 40.8 Å². The van der Waals surface area contributed by atoms with Crippen LogP contribution in [0.25, 0.3) is 0 Å². The van der Waals surface area contributed by atoms with Crippen LogP contribution in [0.2, 0.25) is 0 Å². The van der Waals surface area contributed by atoms with Gasteiger partial charge in [-0.2, -0.15) is 0 Å². The van der Waals surface area contributed by atoms with E-state index in [4.69, 9.17) is 39.5 Å². The van der Waals surface area contributed by atoms with Crippen LogP contribution in [0.3, 0.4) is 0 Å². The molecule has 0 rings (SSSR count). The van der Waals surface area contributed by atoms with E-state index >= 15 is 0 Å². The highest BCUT2D eigenvalue weighted by molar-refractivity contribution is 6.68. The molecule has 2 N–H and O–H groups in total. The maximum absolute atomic E-state index is 11.1. The van der Waals surface area contributed by atoms with E-state index in [1.165, 1.54) is 0 Å². The Labute approximate surface area is 110 Å². The topological polar surface area (TPSA) is 58.6 Å². The van der Waals surface area contributed by atoms with Crippen LogP contribution in [0.5, 0.6) is 0 Å². The summed E-state index contributed by atoms with van der Waals surface area (Å²) in [5, 5.41) is 11.9. The predicted octanol–water partition coefficient (Wildman–Crippen LogP) is 2.00. The number of ether oxygens (including phenoxy) is 1. The van der Waals surface area contributed by atoms with Crippen molar-refractivity contribution < 1.29 is 14.6 Å². The van der Waals surface area contributed by atoms with E-state index in [1.807, 2.05) is 6.92 Å². The minimum absolute atomic E-state index is 0.257. The van der Waals surface area contributed by atoms with Crippen LogP contribution in [-0.2, 0) is 9.53 Å². The standard InChI is InChI=1S/C9H16Cl3NO3/c1-2-6-16-7(14)4-3-5-13-8(15)9(10,11)12/h8,13,15H,2-6H2,1H3/t8-/m0/s1. The van der Waals surface area contributed by atoms with Gasteiger partial charge in [-0.1, -0.05) is 41.7 Å². The molecule has 0 aromatic heterocycles. The zero-order chi connectivity index (χ0) is 12.6. The zero-order valence-corrected chi connectivity index (χ0v) is 11.3. The first-order chi connectivity index (χ1) is 7.38. The van der Waals surface area contributed by atoms with Crippen molar-refractivity contribution in [2.24, 2.45) is 0 Å². The Morgan fingerprint density at radius 2 is 2.12 bits per heavy atom. The molecule has 0 amide bonds. The molecule has 0 fully saturated rings. The number of carbonyl (C=O) groups excluding carboxylic acids is 1. The number of aliphatic hydroxyl groups excluding tert-OH is 1. The molecule has 0 aliphatic carbocycles. The van der Waals surface area contributed by atoms with Crippen LogP contribution < -0.4 is 5.32 Å². The molecule has 0 saturated carbocycles. The summed E-state index contributed by atoms with van der Waals surface area (Å²) >= 11 is 16.3. The van der Waals surface area contributed by atoms with Gasteiger partial charge in [0.15, 0.2) is 6.23 Å². The number of rotatable bonds is 7. The highest BCUT2D eigenvalue weighted by Crippen LogP contribution is 2.28. The number of hydrogen-bond acceptors (Lipinski definition) is 4. The minimum Gasteiger partial charge on any atom is -0.466 e. The van der Waals surface area contributed by atoms with Gasteiger partial charge in [0.05, 0.1) is 6.61 Å². The summed E-state index contributed by atoms with van der Waals surface area (Å²) in [6.45, 7) is 2.73. The van der Waals surface area contributed by atoms with Crippen molar-refractivity contribution in [1.82, 2.24) is 5.32 Å². The van der Waals surface area contributed by atoms with E-state index in [2.05, 4.69) is 5.32 Å². The summed E-state index contributed by atoms with van der Waals surface area (Å²) in [7, 11) is 0. The molecule has 0 aromatic carbocycles. The van der Waals surface area contributed by atoms with Gasteiger partial charge in [0.25, 0.3) is 0 Å². The highest BCUT2D eigenvalue weighted by Gasteiger charge is 2.29. The molecule has 96 valence electrons. The number of alkyl halides is 3. The van der Waals surface area contributed by atoms with Crippen LogP contribution in [0, 0.1) is 0 Å². The smallest absolute Gasteiger partial charge is 0.305 e. The van der Waals surface area contributed by atoms with E-state index in [9.17, 15) is 9.90 Å². The average molecular weight is 293 g/mol. The molecule has 7 heteroatoms. The van der Waals surface area contributed by atoms with Crippen LogP contribution in [0.4, 0.5) is 0 Å². The third-order valence-corrected chi connectivity index (χ3v) is 2.29. The molecule has 1 atom stereocenters. The molecule has 0 radical (unpaired) electrons. The molecule has 0 saturated heterocycles. The van der Waals surface area contributed by atoms with E-state index < -0.39 is 10.0 Å². The minimum atomic E-state index is -1.76. The fraction of sp³-hybridized carbons (Fsp3) is 0.889. The van der Waals surface area contributed by atoms with Gasteiger partial charge in [-0.25, -0.2) is 0 Å². The lowest BCUT2D eigenvalue weighted by Gasteiger charge is -2.19. The van der Waals surface area contributed by atoms with E-state index in [0.717, 1.165) is 6.42 Å². The molecular formula is C9H16Cl3NO3. The lowest BCUT2D eigenvalue weighted by Crippen LogP contribution is -2.40. The number of halogens is 3. The van der Waals surface area contributed by atoms with Gasteiger partial charge >= 0.3 is 5.97 Å². The third kappa shape index (κ3) is 8.42. The third-order valence-electron chi connectivity index (χ3n) is 1.67. The van der Waals surface area contributed by atoms with Gasteiger partial charge in [0.1, 0.15) is 0 Å². The molecule has 0 aliphatic rings. The molecule has 0 heterocycles. The Hall–Kier alpha value is 0.260. The van der Waals surface area contributed by atoms with Crippen LogP contribution in [0.1, 0.15) is 26.2 Å². The van der Waals surface area contributed by atoms with E-state index in [0.29, 0.717) is 19.6 Å². The molecule has 4 nitrogen and oxygen atoms in total. The maximum Gasteiger partial charge on any atom is 0.305 e. The molecule has 0 aliphatic heterocycles. The number of nitrogens with one attached hydrogen (secondary N) is 1. The summed E-state index contributed by atoms with van der Waals surface area (Å²) in [4.78, 5) is 11.1. The first kappa shape index (κ1) is 16.3. The molecule has 16 heavy (non-hydrogen) atoms. The van der Waals surface area contributed by atoms with Gasteiger partial charge in [-0.3, -0.25) is 10.1 Å². The van der Waals surface area contributed by atoms with Crippen LogP contribution >= 0.6 is 34.8 Å². The summed E-state index contributed by atoms with van der Waals surface area (Å²) in [6.07, 6.45) is 0.347. The Morgan fingerprint density at radius 3 is 2.62 bits per heavy atom. The molecule has 0 aromatic rings. The highest BCUT2D eigenvalue weighted by atomic mass is 35.6. The lowest BCUT2D eigenvalue weighted by atomic mass is 10.3. The second kappa shape index (κ2) is 8.37. The molecule has 0 spiro atoms. The zero-order valence-electron chi connectivity index (χ0n) is 9.01. The largest absolute Gasteiger partial charge is 0.466 e. The summed E-state index contributed by atoms with van der Waals surface area (Å²) in [5.41, 5.74) is 0. The molecular weight excluding hydrogens is 276 g/mol. The maximum atomic E-state index is 11.1. The second-order valence-electron chi connectivity index (χ2n) is 3.22. The molecule has 0 unspecified atom stereocenters. The number of hydrogen-bond donors (Lipinski definition) is 2. The summed E-state index contributed by atoms with van der Waals surface area (Å²) in [6, 6.07) is 0. The summed E-state index contributed by atoms with van der Waals surface area (Å²) in [5.74, 6) is -0.257. The SMILES string of the molecule is CCCOC(=O)CCCN[C@@H](O)C(Cl)(Cl)Cl. The number of aliphatic hydroxyl groups is 1. The lowest BCUT2D eigenvalue weighted by molar-refractivity contribution is -0.143. The van der Waals surface area contributed by atoms with Crippen molar-refractivity contribution in [1.29, 1.82) is 0 Å². The Balaban J connectivity index is 3.50. The first-order valence-electron chi connectivity index (χ1n) is 5.01. The number of esters is 1. The predicted molar refractivity (Wildman–Crippen MR) is 64.8 cm³/mol.